The van der Waals surface area contributed by atoms with Crippen molar-refractivity contribution in [2.75, 3.05) is 26.8 Å². The second-order valence-electron chi connectivity index (χ2n) is 3.30. The van der Waals surface area contributed by atoms with Crippen LogP contribution < -0.4 is 5.32 Å². The van der Waals surface area contributed by atoms with Crippen molar-refractivity contribution in [2.45, 2.75) is 26.7 Å². The predicted molar refractivity (Wildman–Crippen MR) is 48.8 cm³/mol. The van der Waals surface area contributed by atoms with Gasteiger partial charge in [0.2, 0.25) is 0 Å². The van der Waals surface area contributed by atoms with Gasteiger partial charge in [0.1, 0.15) is 0 Å². The summed E-state index contributed by atoms with van der Waals surface area (Å²) < 4.78 is 4.94. The fraction of sp³-hybridized carbons (Fsp3) is 1.00. The van der Waals surface area contributed by atoms with Crippen LogP contribution in [-0.4, -0.2) is 26.8 Å². The molecule has 0 aromatic rings. The maximum Gasteiger partial charge on any atom is 0.0462 e. The van der Waals surface area contributed by atoms with E-state index in [0.717, 1.165) is 25.6 Å². The monoisotopic (exact) mass is 159 g/mol. The normalized spacial score (nSPS) is 10.9. The average molecular weight is 159 g/mol. The standard InChI is InChI=1S/C9H21NO/c1-9(2)8-10-6-4-5-7-11-3/h9-10H,4-8H2,1-3H3. The number of methoxy groups -OCH3 is 1. The minimum Gasteiger partial charge on any atom is -0.385 e. The Morgan fingerprint density at radius 2 is 2.00 bits per heavy atom. The number of unbranched alkanes of at least 4 members (excludes halogenated alkanes) is 1. The van der Waals surface area contributed by atoms with E-state index in [1.807, 2.05) is 0 Å². The number of hydrogen-bond donors (Lipinski definition) is 1. The van der Waals surface area contributed by atoms with Crippen LogP contribution >= 0.6 is 0 Å². The Morgan fingerprint density at radius 3 is 2.55 bits per heavy atom. The molecule has 68 valence electrons. The molecule has 0 aliphatic heterocycles. The highest BCUT2D eigenvalue weighted by Crippen LogP contribution is 1.89. The molecule has 0 bridgehead atoms. The third-order valence-corrected chi connectivity index (χ3v) is 1.50. The molecule has 0 aromatic heterocycles. The van der Waals surface area contributed by atoms with E-state index in [-0.39, 0.29) is 0 Å². The molecule has 0 aliphatic rings. The summed E-state index contributed by atoms with van der Waals surface area (Å²) in [5.74, 6) is 0.762. The molecule has 0 aliphatic carbocycles. The first-order valence-electron chi connectivity index (χ1n) is 4.47. The van der Waals surface area contributed by atoms with Gasteiger partial charge in [-0.3, -0.25) is 0 Å². The van der Waals surface area contributed by atoms with Gasteiger partial charge in [-0.25, -0.2) is 0 Å². The highest BCUT2D eigenvalue weighted by atomic mass is 16.5. The summed E-state index contributed by atoms with van der Waals surface area (Å²) in [6.07, 6.45) is 2.39. The maximum absolute atomic E-state index is 4.94. The summed E-state index contributed by atoms with van der Waals surface area (Å²) in [5, 5.41) is 3.39. The molecule has 0 fully saturated rings. The lowest BCUT2D eigenvalue weighted by Gasteiger charge is -2.06. The van der Waals surface area contributed by atoms with Crippen molar-refractivity contribution in [3.8, 4) is 0 Å². The second-order valence-corrected chi connectivity index (χ2v) is 3.30. The molecular formula is C9H21NO. The van der Waals surface area contributed by atoms with Crippen LogP contribution in [0.5, 0.6) is 0 Å². The van der Waals surface area contributed by atoms with Crippen LogP contribution in [0.2, 0.25) is 0 Å². The van der Waals surface area contributed by atoms with Crippen LogP contribution in [0.25, 0.3) is 0 Å². The molecule has 0 spiro atoms. The van der Waals surface area contributed by atoms with Crippen molar-refractivity contribution in [2.24, 2.45) is 5.92 Å². The summed E-state index contributed by atoms with van der Waals surface area (Å²) >= 11 is 0. The van der Waals surface area contributed by atoms with Gasteiger partial charge in [-0.1, -0.05) is 13.8 Å². The summed E-state index contributed by atoms with van der Waals surface area (Å²) in [6.45, 7) is 7.60. The first kappa shape index (κ1) is 10.9. The molecule has 0 rings (SSSR count). The summed E-state index contributed by atoms with van der Waals surface area (Å²) in [5.41, 5.74) is 0. The maximum atomic E-state index is 4.94. The second kappa shape index (κ2) is 8.02. The zero-order valence-corrected chi connectivity index (χ0v) is 8.02. The van der Waals surface area contributed by atoms with Crippen molar-refractivity contribution < 1.29 is 4.74 Å². The molecule has 1 N–H and O–H groups in total. The van der Waals surface area contributed by atoms with Crippen LogP contribution in [0.1, 0.15) is 26.7 Å². The quantitative estimate of drug-likeness (QED) is 0.570. The van der Waals surface area contributed by atoms with Gasteiger partial charge in [0.05, 0.1) is 0 Å². The van der Waals surface area contributed by atoms with Crippen molar-refractivity contribution in [1.29, 1.82) is 0 Å². The number of ether oxygens (including phenoxy) is 1. The van der Waals surface area contributed by atoms with E-state index in [0.29, 0.717) is 0 Å². The molecule has 0 heterocycles. The Labute approximate surface area is 70.3 Å². The van der Waals surface area contributed by atoms with Crippen LogP contribution in [-0.2, 0) is 4.74 Å². The minimum absolute atomic E-state index is 0.762. The molecule has 11 heavy (non-hydrogen) atoms. The summed E-state index contributed by atoms with van der Waals surface area (Å²) in [6, 6.07) is 0. The van der Waals surface area contributed by atoms with E-state index >= 15 is 0 Å². The van der Waals surface area contributed by atoms with E-state index in [4.69, 9.17) is 4.74 Å². The van der Waals surface area contributed by atoms with Gasteiger partial charge in [-0.05, 0) is 31.8 Å². The molecule has 0 saturated carbocycles. The Hall–Kier alpha value is -0.0800. The van der Waals surface area contributed by atoms with Gasteiger partial charge in [-0.2, -0.15) is 0 Å². The van der Waals surface area contributed by atoms with Crippen molar-refractivity contribution in [3.05, 3.63) is 0 Å². The lowest BCUT2D eigenvalue weighted by molar-refractivity contribution is 0.192. The highest BCUT2D eigenvalue weighted by Gasteiger charge is 1.91. The van der Waals surface area contributed by atoms with Crippen LogP contribution in [0.3, 0.4) is 0 Å². The van der Waals surface area contributed by atoms with Gasteiger partial charge in [0.25, 0.3) is 0 Å². The molecule has 2 heteroatoms. The van der Waals surface area contributed by atoms with Crippen molar-refractivity contribution in [1.82, 2.24) is 5.32 Å². The fourth-order valence-corrected chi connectivity index (χ4v) is 0.887. The van der Waals surface area contributed by atoms with Crippen LogP contribution in [0.15, 0.2) is 0 Å². The van der Waals surface area contributed by atoms with Gasteiger partial charge < -0.3 is 10.1 Å². The highest BCUT2D eigenvalue weighted by molar-refractivity contribution is 4.50. The van der Waals surface area contributed by atoms with E-state index in [2.05, 4.69) is 19.2 Å². The molecule has 0 unspecified atom stereocenters. The van der Waals surface area contributed by atoms with E-state index in [9.17, 15) is 0 Å². The summed E-state index contributed by atoms with van der Waals surface area (Å²) in [7, 11) is 1.75. The van der Waals surface area contributed by atoms with Gasteiger partial charge >= 0.3 is 0 Å². The minimum atomic E-state index is 0.762. The molecule has 2 nitrogen and oxygen atoms in total. The predicted octanol–water partition coefficient (Wildman–Crippen LogP) is 1.66. The Morgan fingerprint density at radius 1 is 1.27 bits per heavy atom. The zero-order chi connectivity index (χ0) is 8.53. The van der Waals surface area contributed by atoms with E-state index in [1.165, 1.54) is 12.8 Å². The van der Waals surface area contributed by atoms with Crippen molar-refractivity contribution >= 4 is 0 Å². The third-order valence-electron chi connectivity index (χ3n) is 1.50. The lowest BCUT2D eigenvalue weighted by atomic mass is 10.2. The molecule has 0 atom stereocenters. The number of nitrogens with one attached hydrogen (secondary N) is 1. The number of rotatable bonds is 7. The van der Waals surface area contributed by atoms with Crippen molar-refractivity contribution in [3.63, 3.8) is 0 Å². The molecule has 0 aromatic carbocycles. The topological polar surface area (TPSA) is 21.3 Å². The van der Waals surface area contributed by atoms with Gasteiger partial charge in [0, 0.05) is 13.7 Å². The third kappa shape index (κ3) is 9.92. The molecule has 0 radical (unpaired) electrons. The molecule has 0 amide bonds. The van der Waals surface area contributed by atoms with E-state index < -0.39 is 0 Å². The Kier molecular flexibility index (Phi) is 7.96. The average Bonchev–Trinajstić information content (AvgIpc) is 1.96. The van der Waals surface area contributed by atoms with E-state index in [1.54, 1.807) is 7.11 Å². The van der Waals surface area contributed by atoms with Crippen LogP contribution in [0.4, 0.5) is 0 Å². The SMILES string of the molecule is COCCCCNCC(C)C. The zero-order valence-electron chi connectivity index (χ0n) is 8.02. The first-order valence-corrected chi connectivity index (χ1v) is 4.47. The van der Waals surface area contributed by atoms with Gasteiger partial charge in [0.15, 0.2) is 0 Å². The Balaban J connectivity index is 2.80. The molecular weight excluding hydrogens is 138 g/mol. The van der Waals surface area contributed by atoms with Gasteiger partial charge in [-0.15, -0.1) is 0 Å². The molecule has 0 saturated heterocycles. The lowest BCUT2D eigenvalue weighted by Crippen LogP contribution is -2.20. The smallest absolute Gasteiger partial charge is 0.0462 e. The van der Waals surface area contributed by atoms with Crippen LogP contribution in [0, 0.1) is 5.92 Å². The number of hydrogen-bond acceptors (Lipinski definition) is 2. The first-order chi connectivity index (χ1) is 5.27. The summed E-state index contributed by atoms with van der Waals surface area (Å²) in [4.78, 5) is 0. The Bertz CT molecular complexity index is 74.0. The fourth-order valence-electron chi connectivity index (χ4n) is 0.887. The largest absolute Gasteiger partial charge is 0.385 e.